The van der Waals surface area contributed by atoms with Gasteiger partial charge in [0.2, 0.25) is 15.9 Å². The van der Waals surface area contributed by atoms with Gasteiger partial charge >= 0.3 is 0 Å². The standard InChI is InChI=1S/C25H24Cl2N2O3S2/c26-21-11-10-18(16-22(21)27)17-34(31,32)29-14-12-19(13-15-29)25(30)28-23-8-4-5-9-24(23)33-20-6-2-1-3-7-20/h1-11,16,19H,12-15,17H2,(H,28,30). The zero-order valence-electron chi connectivity index (χ0n) is 18.3. The van der Waals surface area contributed by atoms with Crippen molar-refractivity contribution < 1.29 is 13.2 Å². The van der Waals surface area contributed by atoms with E-state index in [1.165, 1.54) is 4.31 Å². The molecular weight excluding hydrogens is 511 g/mol. The highest BCUT2D eigenvalue weighted by molar-refractivity contribution is 7.99. The van der Waals surface area contributed by atoms with Crippen LogP contribution in [0, 0.1) is 5.92 Å². The molecule has 3 aromatic rings. The summed E-state index contributed by atoms with van der Waals surface area (Å²) in [5, 5.41) is 3.77. The molecule has 1 aliphatic heterocycles. The van der Waals surface area contributed by atoms with E-state index in [2.05, 4.69) is 5.32 Å². The molecule has 0 aromatic heterocycles. The summed E-state index contributed by atoms with van der Waals surface area (Å²) in [6.45, 7) is 0.615. The monoisotopic (exact) mass is 534 g/mol. The predicted molar refractivity (Wildman–Crippen MR) is 139 cm³/mol. The normalized spacial score (nSPS) is 15.2. The number of nitrogens with one attached hydrogen (secondary N) is 1. The average Bonchev–Trinajstić information content (AvgIpc) is 2.83. The highest BCUT2D eigenvalue weighted by Crippen LogP contribution is 2.34. The summed E-state index contributed by atoms with van der Waals surface area (Å²) < 4.78 is 27.2. The van der Waals surface area contributed by atoms with Crippen molar-refractivity contribution in [2.24, 2.45) is 5.92 Å². The van der Waals surface area contributed by atoms with Crippen molar-refractivity contribution in [1.29, 1.82) is 0 Å². The number of rotatable bonds is 7. The molecule has 0 atom stereocenters. The second kappa shape index (κ2) is 11.1. The Kier molecular flexibility index (Phi) is 8.22. The van der Waals surface area contributed by atoms with Gasteiger partial charge in [0.15, 0.2) is 0 Å². The van der Waals surface area contributed by atoms with Crippen molar-refractivity contribution >= 4 is 56.6 Å². The molecule has 34 heavy (non-hydrogen) atoms. The first-order valence-corrected chi connectivity index (χ1v) is 14.0. The fourth-order valence-electron chi connectivity index (χ4n) is 3.84. The molecule has 1 saturated heterocycles. The summed E-state index contributed by atoms with van der Waals surface area (Å²) in [6, 6.07) is 22.5. The van der Waals surface area contributed by atoms with Crippen LogP contribution in [0.15, 0.2) is 82.6 Å². The minimum Gasteiger partial charge on any atom is -0.325 e. The summed E-state index contributed by atoms with van der Waals surface area (Å²) in [7, 11) is -3.52. The van der Waals surface area contributed by atoms with Gasteiger partial charge in [0, 0.05) is 28.8 Å². The van der Waals surface area contributed by atoms with Crippen molar-refractivity contribution in [3.8, 4) is 0 Å². The molecule has 0 bridgehead atoms. The zero-order chi connectivity index (χ0) is 24.1. The van der Waals surface area contributed by atoms with Crippen LogP contribution in [-0.4, -0.2) is 31.7 Å². The van der Waals surface area contributed by atoms with E-state index in [9.17, 15) is 13.2 Å². The number of hydrogen-bond donors (Lipinski definition) is 1. The Balaban J connectivity index is 1.35. The Morgan fingerprint density at radius 2 is 1.62 bits per heavy atom. The van der Waals surface area contributed by atoms with Gasteiger partial charge in [0.05, 0.1) is 21.5 Å². The molecule has 9 heteroatoms. The van der Waals surface area contributed by atoms with Gasteiger partial charge in [-0.25, -0.2) is 12.7 Å². The fourth-order valence-corrected chi connectivity index (χ4v) is 6.63. The van der Waals surface area contributed by atoms with Gasteiger partial charge in [-0.15, -0.1) is 0 Å². The first-order valence-electron chi connectivity index (χ1n) is 10.9. The SMILES string of the molecule is O=C(Nc1ccccc1Sc1ccccc1)C1CCN(S(=O)(=O)Cc2ccc(Cl)c(Cl)c2)CC1. The number of carbonyl (C=O) groups is 1. The lowest BCUT2D eigenvalue weighted by molar-refractivity contribution is -0.120. The lowest BCUT2D eigenvalue weighted by Gasteiger charge is -2.30. The zero-order valence-corrected chi connectivity index (χ0v) is 21.4. The maximum absolute atomic E-state index is 13.0. The van der Waals surface area contributed by atoms with Crippen molar-refractivity contribution in [2.75, 3.05) is 18.4 Å². The average molecular weight is 536 g/mol. The molecule has 1 amide bonds. The predicted octanol–water partition coefficient (Wildman–Crippen LogP) is 6.33. The first-order chi connectivity index (χ1) is 16.3. The minimum absolute atomic E-state index is 0.0809. The minimum atomic E-state index is -3.52. The molecule has 0 saturated carbocycles. The molecule has 0 unspecified atom stereocenters. The Labute approximate surface area is 214 Å². The molecule has 1 heterocycles. The van der Waals surface area contributed by atoms with Crippen molar-refractivity contribution in [1.82, 2.24) is 4.31 Å². The number of amides is 1. The Morgan fingerprint density at radius 3 is 2.32 bits per heavy atom. The second-order valence-corrected chi connectivity index (χ2v) is 12.0. The summed E-state index contributed by atoms with van der Waals surface area (Å²) in [4.78, 5) is 15.0. The van der Waals surface area contributed by atoms with Crippen LogP contribution in [0.3, 0.4) is 0 Å². The van der Waals surface area contributed by atoms with E-state index in [1.807, 2.05) is 54.6 Å². The Morgan fingerprint density at radius 1 is 0.941 bits per heavy atom. The molecule has 1 N–H and O–H groups in total. The van der Waals surface area contributed by atoms with Crippen molar-refractivity contribution in [2.45, 2.75) is 28.4 Å². The van der Waals surface area contributed by atoms with Gasteiger partial charge < -0.3 is 5.32 Å². The number of piperidine rings is 1. The smallest absolute Gasteiger partial charge is 0.227 e. The maximum Gasteiger partial charge on any atom is 0.227 e. The van der Waals surface area contributed by atoms with Gasteiger partial charge in [-0.05, 0) is 54.8 Å². The third kappa shape index (κ3) is 6.34. The summed E-state index contributed by atoms with van der Waals surface area (Å²) in [5.74, 6) is -0.473. The van der Waals surface area contributed by atoms with Crippen LogP contribution in [0.25, 0.3) is 0 Å². The van der Waals surface area contributed by atoms with E-state index >= 15 is 0 Å². The molecule has 0 aliphatic carbocycles. The summed E-state index contributed by atoms with van der Waals surface area (Å²) in [6.07, 6.45) is 0.945. The van der Waals surface area contributed by atoms with Crippen LogP contribution in [-0.2, 0) is 20.6 Å². The molecule has 1 aliphatic rings. The second-order valence-electron chi connectivity index (χ2n) is 8.08. The van der Waals surface area contributed by atoms with E-state index < -0.39 is 10.0 Å². The Bertz CT molecular complexity index is 1260. The summed E-state index contributed by atoms with van der Waals surface area (Å²) in [5.41, 5.74) is 1.35. The number of anilines is 1. The van der Waals surface area contributed by atoms with Gasteiger partial charge in [-0.1, -0.05) is 71.4 Å². The lowest BCUT2D eigenvalue weighted by Crippen LogP contribution is -2.41. The molecular formula is C25H24Cl2N2O3S2. The number of carbonyl (C=O) groups excluding carboxylic acids is 1. The molecule has 178 valence electrons. The number of sulfonamides is 1. The van der Waals surface area contributed by atoms with Crippen LogP contribution in [0.5, 0.6) is 0 Å². The molecule has 1 fully saturated rings. The maximum atomic E-state index is 13.0. The quantitative estimate of drug-likeness (QED) is 0.384. The van der Waals surface area contributed by atoms with E-state index in [1.54, 1.807) is 30.0 Å². The molecule has 0 spiro atoms. The third-order valence-corrected chi connectivity index (χ3v) is 9.34. The third-order valence-electron chi connectivity index (χ3n) is 5.67. The van der Waals surface area contributed by atoms with E-state index in [4.69, 9.17) is 23.2 Å². The van der Waals surface area contributed by atoms with Gasteiger partial charge in [-0.3, -0.25) is 4.79 Å². The molecule has 0 radical (unpaired) electrons. The van der Waals surface area contributed by atoms with Gasteiger partial charge in [0.25, 0.3) is 0 Å². The number of nitrogens with zero attached hydrogens (tertiary/aromatic N) is 1. The Hall–Kier alpha value is -2.03. The fraction of sp³-hybridized carbons (Fsp3) is 0.240. The van der Waals surface area contributed by atoms with E-state index in [0.29, 0.717) is 41.5 Å². The molecule has 5 nitrogen and oxygen atoms in total. The van der Waals surface area contributed by atoms with Crippen LogP contribution < -0.4 is 5.32 Å². The van der Waals surface area contributed by atoms with Crippen molar-refractivity contribution in [3.63, 3.8) is 0 Å². The van der Waals surface area contributed by atoms with Gasteiger partial charge in [0.1, 0.15) is 0 Å². The van der Waals surface area contributed by atoms with Crippen molar-refractivity contribution in [3.05, 3.63) is 88.4 Å². The largest absolute Gasteiger partial charge is 0.325 e. The topological polar surface area (TPSA) is 66.5 Å². The van der Waals surface area contributed by atoms with Crippen LogP contribution >= 0.6 is 35.0 Å². The highest BCUT2D eigenvalue weighted by Gasteiger charge is 2.31. The molecule has 3 aromatic carbocycles. The molecule has 4 rings (SSSR count). The lowest BCUT2D eigenvalue weighted by atomic mass is 9.97. The number of hydrogen-bond acceptors (Lipinski definition) is 4. The highest BCUT2D eigenvalue weighted by atomic mass is 35.5. The van der Waals surface area contributed by atoms with E-state index in [-0.39, 0.29) is 17.6 Å². The van der Waals surface area contributed by atoms with E-state index in [0.717, 1.165) is 15.5 Å². The number of halogens is 2. The number of para-hydroxylation sites is 1. The van der Waals surface area contributed by atoms with Gasteiger partial charge in [-0.2, -0.15) is 0 Å². The number of benzene rings is 3. The van der Waals surface area contributed by atoms with Crippen LogP contribution in [0.1, 0.15) is 18.4 Å². The van der Waals surface area contributed by atoms with Crippen LogP contribution in [0.4, 0.5) is 5.69 Å². The van der Waals surface area contributed by atoms with Crippen LogP contribution in [0.2, 0.25) is 10.0 Å². The first kappa shape index (κ1) is 25.1. The summed E-state index contributed by atoms with van der Waals surface area (Å²) >= 11 is 13.5.